The minimum absolute atomic E-state index is 0.348. The van der Waals surface area contributed by atoms with Gasteiger partial charge >= 0.3 is 0 Å². The van der Waals surface area contributed by atoms with E-state index in [-0.39, 0.29) is 0 Å². The highest BCUT2D eigenvalue weighted by Gasteiger charge is 2.06. The summed E-state index contributed by atoms with van der Waals surface area (Å²) in [5.41, 5.74) is 2.28. The van der Waals surface area contributed by atoms with E-state index in [4.69, 9.17) is 10.00 Å². The van der Waals surface area contributed by atoms with E-state index in [1.165, 1.54) is 7.11 Å². The lowest BCUT2D eigenvalue weighted by Gasteiger charge is -2.04. The Kier molecular flexibility index (Phi) is 2.79. The van der Waals surface area contributed by atoms with Crippen molar-refractivity contribution in [1.29, 1.82) is 5.26 Å². The molecule has 0 aliphatic rings. The second-order valence-corrected chi connectivity index (χ2v) is 3.13. The number of rotatable bonds is 2. The Bertz CT molecular complexity index is 532. The minimum atomic E-state index is 0.348. The van der Waals surface area contributed by atoms with Crippen molar-refractivity contribution in [3.63, 3.8) is 0 Å². The molecular weight excluding hydrogens is 202 g/mol. The molecule has 0 aliphatic heterocycles. The summed E-state index contributed by atoms with van der Waals surface area (Å²) in [4.78, 5) is 8.02. The molecule has 0 atom stereocenters. The maximum Gasteiger partial charge on any atom is 0.231 e. The van der Waals surface area contributed by atoms with Crippen molar-refractivity contribution >= 4 is 0 Å². The van der Waals surface area contributed by atoms with Gasteiger partial charge in [-0.25, -0.2) is 4.98 Å². The number of nitrogens with zero attached hydrogens (tertiary/aromatic N) is 3. The van der Waals surface area contributed by atoms with Crippen molar-refractivity contribution in [2.75, 3.05) is 7.11 Å². The van der Waals surface area contributed by atoms with Gasteiger partial charge in [-0.05, 0) is 23.8 Å². The van der Waals surface area contributed by atoms with Gasteiger partial charge < -0.3 is 4.74 Å². The van der Waals surface area contributed by atoms with Crippen LogP contribution in [-0.2, 0) is 0 Å². The molecule has 0 N–H and O–H groups in total. The topological polar surface area (TPSA) is 58.8 Å². The van der Waals surface area contributed by atoms with Crippen LogP contribution in [-0.4, -0.2) is 17.1 Å². The van der Waals surface area contributed by atoms with Crippen LogP contribution in [0.25, 0.3) is 11.1 Å². The predicted molar refractivity (Wildman–Crippen MR) is 58.7 cm³/mol. The third kappa shape index (κ3) is 1.84. The molecule has 0 spiro atoms. The highest BCUT2D eigenvalue weighted by atomic mass is 16.5. The Morgan fingerprint density at radius 1 is 1.25 bits per heavy atom. The van der Waals surface area contributed by atoms with Gasteiger partial charge in [-0.1, -0.05) is 0 Å². The maximum atomic E-state index is 8.94. The Morgan fingerprint density at radius 3 is 2.62 bits per heavy atom. The highest BCUT2D eigenvalue weighted by molar-refractivity contribution is 5.64. The molecule has 0 aliphatic carbocycles. The Morgan fingerprint density at radius 2 is 2.00 bits per heavy atom. The van der Waals surface area contributed by atoms with Crippen LogP contribution in [0.3, 0.4) is 0 Å². The van der Waals surface area contributed by atoms with Gasteiger partial charge in [0.2, 0.25) is 5.88 Å². The molecular formula is C12H9N3O. The van der Waals surface area contributed by atoms with Crippen LogP contribution in [0.1, 0.15) is 5.56 Å². The zero-order chi connectivity index (χ0) is 11.4. The number of methoxy groups -OCH3 is 1. The third-order valence-corrected chi connectivity index (χ3v) is 2.18. The molecule has 0 amide bonds. The van der Waals surface area contributed by atoms with Gasteiger partial charge in [0.25, 0.3) is 0 Å². The molecule has 0 aromatic carbocycles. The van der Waals surface area contributed by atoms with Crippen molar-refractivity contribution in [1.82, 2.24) is 9.97 Å². The van der Waals surface area contributed by atoms with Gasteiger partial charge in [-0.2, -0.15) is 5.26 Å². The van der Waals surface area contributed by atoms with Crippen LogP contribution in [0.5, 0.6) is 5.88 Å². The molecule has 0 saturated heterocycles. The molecule has 4 nitrogen and oxygen atoms in total. The SMILES string of the molecule is COc1ncc(-c2ccncc2)cc1C#N. The van der Waals surface area contributed by atoms with Crippen molar-refractivity contribution in [2.45, 2.75) is 0 Å². The van der Waals surface area contributed by atoms with Gasteiger partial charge in [-0.3, -0.25) is 4.98 Å². The van der Waals surface area contributed by atoms with Crippen LogP contribution >= 0.6 is 0 Å². The molecule has 0 bridgehead atoms. The molecule has 4 heteroatoms. The molecule has 0 unspecified atom stereocenters. The van der Waals surface area contributed by atoms with Gasteiger partial charge in [0, 0.05) is 24.2 Å². The van der Waals surface area contributed by atoms with E-state index >= 15 is 0 Å². The summed E-state index contributed by atoms with van der Waals surface area (Å²) in [5, 5.41) is 8.94. The smallest absolute Gasteiger partial charge is 0.231 e. The second-order valence-electron chi connectivity index (χ2n) is 3.13. The van der Waals surface area contributed by atoms with Crippen LogP contribution in [0.2, 0.25) is 0 Å². The first-order chi connectivity index (χ1) is 7.85. The predicted octanol–water partition coefficient (Wildman–Crippen LogP) is 2.02. The number of hydrogen-bond acceptors (Lipinski definition) is 4. The van der Waals surface area contributed by atoms with E-state index in [0.29, 0.717) is 11.4 Å². The van der Waals surface area contributed by atoms with Crippen molar-refractivity contribution in [2.24, 2.45) is 0 Å². The van der Waals surface area contributed by atoms with Crippen LogP contribution in [0.4, 0.5) is 0 Å². The summed E-state index contributed by atoms with van der Waals surface area (Å²) in [6, 6.07) is 7.54. The quantitative estimate of drug-likeness (QED) is 0.762. The van der Waals surface area contributed by atoms with Crippen LogP contribution < -0.4 is 4.74 Å². The lowest BCUT2D eigenvalue weighted by molar-refractivity contribution is 0.396. The summed E-state index contributed by atoms with van der Waals surface area (Å²) in [6.45, 7) is 0. The normalized spacial score (nSPS) is 9.50. The molecule has 0 fully saturated rings. The van der Waals surface area contributed by atoms with E-state index < -0.39 is 0 Å². The lowest BCUT2D eigenvalue weighted by Crippen LogP contribution is -1.92. The largest absolute Gasteiger partial charge is 0.480 e. The molecule has 0 radical (unpaired) electrons. The fraction of sp³-hybridized carbons (Fsp3) is 0.0833. The van der Waals surface area contributed by atoms with Crippen molar-refractivity contribution < 1.29 is 4.74 Å². The van der Waals surface area contributed by atoms with E-state index in [1.54, 1.807) is 24.7 Å². The van der Waals surface area contributed by atoms with E-state index in [1.807, 2.05) is 12.1 Å². The zero-order valence-corrected chi connectivity index (χ0v) is 8.71. The number of hydrogen-bond donors (Lipinski definition) is 0. The average Bonchev–Trinajstić information content (AvgIpc) is 2.39. The molecule has 16 heavy (non-hydrogen) atoms. The summed E-state index contributed by atoms with van der Waals surface area (Å²) < 4.78 is 4.98. The molecule has 78 valence electrons. The van der Waals surface area contributed by atoms with E-state index in [9.17, 15) is 0 Å². The zero-order valence-electron chi connectivity index (χ0n) is 8.71. The standard InChI is InChI=1S/C12H9N3O/c1-16-12-10(7-13)6-11(8-15-12)9-2-4-14-5-3-9/h2-6,8H,1H3. The fourth-order valence-corrected chi connectivity index (χ4v) is 1.40. The van der Waals surface area contributed by atoms with Gasteiger partial charge in [0.1, 0.15) is 11.6 Å². The second kappa shape index (κ2) is 4.41. The summed E-state index contributed by atoms with van der Waals surface area (Å²) in [6.07, 6.45) is 5.08. The van der Waals surface area contributed by atoms with Gasteiger partial charge in [0.05, 0.1) is 7.11 Å². The van der Waals surface area contributed by atoms with E-state index in [0.717, 1.165) is 11.1 Å². The third-order valence-electron chi connectivity index (χ3n) is 2.18. The van der Waals surface area contributed by atoms with Gasteiger partial charge in [0.15, 0.2) is 0 Å². The molecule has 2 aromatic heterocycles. The first-order valence-corrected chi connectivity index (χ1v) is 4.69. The lowest BCUT2D eigenvalue weighted by atomic mass is 10.1. The first kappa shape index (κ1) is 10.1. The Labute approximate surface area is 93.2 Å². The minimum Gasteiger partial charge on any atom is -0.480 e. The van der Waals surface area contributed by atoms with Crippen molar-refractivity contribution in [3.8, 4) is 23.1 Å². The maximum absolute atomic E-state index is 8.94. The molecule has 0 saturated carbocycles. The number of aromatic nitrogens is 2. The van der Waals surface area contributed by atoms with Crippen LogP contribution in [0.15, 0.2) is 36.8 Å². The summed E-state index contributed by atoms with van der Waals surface area (Å²) in [7, 11) is 1.50. The fourth-order valence-electron chi connectivity index (χ4n) is 1.40. The van der Waals surface area contributed by atoms with Crippen LogP contribution in [0, 0.1) is 11.3 Å². The first-order valence-electron chi connectivity index (χ1n) is 4.69. The van der Waals surface area contributed by atoms with Crippen molar-refractivity contribution in [3.05, 3.63) is 42.4 Å². The Hall–Kier alpha value is -2.41. The molecule has 2 aromatic rings. The number of nitriles is 1. The monoisotopic (exact) mass is 211 g/mol. The average molecular weight is 211 g/mol. The summed E-state index contributed by atoms with van der Waals surface area (Å²) >= 11 is 0. The Balaban J connectivity index is 2.49. The van der Waals surface area contributed by atoms with Gasteiger partial charge in [-0.15, -0.1) is 0 Å². The van der Waals surface area contributed by atoms with E-state index in [2.05, 4.69) is 16.0 Å². The summed E-state index contributed by atoms with van der Waals surface area (Å²) in [5.74, 6) is 0.348. The molecule has 2 heterocycles. The highest BCUT2D eigenvalue weighted by Crippen LogP contribution is 2.22. The number of ether oxygens (including phenoxy) is 1. The number of pyridine rings is 2. The molecule has 2 rings (SSSR count).